The van der Waals surface area contributed by atoms with Crippen molar-refractivity contribution >= 4 is 15.7 Å². The second-order valence-corrected chi connectivity index (χ2v) is 9.55. The van der Waals surface area contributed by atoms with Gasteiger partial charge < -0.3 is 0 Å². The summed E-state index contributed by atoms with van der Waals surface area (Å²) in [4.78, 5) is 13.3. The third-order valence-electron chi connectivity index (χ3n) is 5.47. The van der Waals surface area contributed by atoms with Crippen molar-refractivity contribution < 1.29 is 13.3 Å². The van der Waals surface area contributed by atoms with Gasteiger partial charge in [0, 0.05) is 38.8 Å². The molecule has 156 valence electrons. The van der Waals surface area contributed by atoms with Gasteiger partial charge in [-0.1, -0.05) is 24.3 Å². The number of benzene rings is 2. The van der Waals surface area contributed by atoms with E-state index < -0.39 is 10.0 Å². The number of hydrogen-bond acceptors (Lipinski definition) is 5. The number of fused-ring (bicyclic) bond motifs is 1. The number of unbranched alkanes of at least 4 members (excludes halogenated alkanes) is 1. The average Bonchev–Trinajstić information content (AvgIpc) is 2.70. The van der Waals surface area contributed by atoms with Gasteiger partial charge in [0.15, 0.2) is 0 Å². The molecule has 0 radical (unpaired) electrons. The molecule has 0 aromatic heterocycles. The highest BCUT2D eigenvalue weighted by Crippen LogP contribution is 2.24. The minimum atomic E-state index is -3.47. The molecule has 0 saturated heterocycles. The lowest BCUT2D eigenvalue weighted by Crippen LogP contribution is -2.32. The largest absolute Gasteiger partial charge is 0.299 e. The summed E-state index contributed by atoms with van der Waals surface area (Å²) in [5.74, 6) is 0. The Bertz CT molecular complexity index is 991. The molecule has 7 nitrogen and oxygen atoms in total. The van der Waals surface area contributed by atoms with E-state index in [9.17, 15) is 18.5 Å². The third kappa shape index (κ3) is 5.01. The molecule has 2 aromatic carbocycles. The van der Waals surface area contributed by atoms with Crippen LogP contribution in [0.15, 0.2) is 47.4 Å². The van der Waals surface area contributed by atoms with E-state index in [1.54, 1.807) is 44.3 Å². The van der Waals surface area contributed by atoms with Crippen LogP contribution in [0.25, 0.3) is 0 Å². The molecule has 3 rings (SSSR count). The van der Waals surface area contributed by atoms with Crippen LogP contribution in [0.3, 0.4) is 0 Å². The Labute approximate surface area is 172 Å². The zero-order valence-corrected chi connectivity index (χ0v) is 17.7. The quantitative estimate of drug-likeness (QED) is 0.374. The van der Waals surface area contributed by atoms with Gasteiger partial charge in [0.05, 0.1) is 9.82 Å². The van der Waals surface area contributed by atoms with Crippen LogP contribution in [0, 0.1) is 17.0 Å². The van der Waals surface area contributed by atoms with E-state index in [2.05, 4.69) is 4.90 Å². The van der Waals surface area contributed by atoms with Crippen LogP contribution < -0.4 is 0 Å². The van der Waals surface area contributed by atoms with Crippen LogP contribution in [0.4, 0.5) is 5.69 Å². The second-order valence-electron chi connectivity index (χ2n) is 7.54. The van der Waals surface area contributed by atoms with Gasteiger partial charge in [-0.15, -0.1) is 0 Å². The number of rotatable bonds is 8. The monoisotopic (exact) mass is 417 g/mol. The van der Waals surface area contributed by atoms with Crippen molar-refractivity contribution in [2.45, 2.75) is 37.6 Å². The first-order valence-corrected chi connectivity index (χ1v) is 11.2. The van der Waals surface area contributed by atoms with Crippen LogP contribution >= 0.6 is 0 Å². The zero-order chi connectivity index (χ0) is 21.0. The van der Waals surface area contributed by atoms with Gasteiger partial charge in [0.2, 0.25) is 10.0 Å². The number of sulfonamides is 1. The lowest BCUT2D eigenvalue weighted by molar-refractivity contribution is -0.385. The number of nitro groups is 1. The normalized spacial score (nSPS) is 14.7. The van der Waals surface area contributed by atoms with Crippen molar-refractivity contribution in [3.05, 3.63) is 69.3 Å². The van der Waals surface area contributed by atoms with E-state index in [1.165, 1.54) is 9.87 Å². The van der Waals surface area contributed by atoms with Gasteiger partial charge in [-0.3, -0.25) is 15.0 Å². The maximum Gasteiger partial charge on any atom is 0.269 e. The van der Waals surface area contributed by atoms with Crippen molar-refractivity contribution in [2.75, 3.05) is 26.7 Å². The summed E-state index contributed by atoms with van der Waals surface area (Å²) in [5, 5.41) is 11.0. The molecule has 0 N–H and O–H groups in total. The van der Waals surface area contributed by atoms with Gasteiger partial charge in [0.25, 0.3) is 5.69 Å². The summed E-state index contributed by atoms with van der Waals surface area (Å²) in [5.41, 5.74) is 3.08. The van der Waals surface area contributed by atoms with Gasteiger partial charge in [-0.05, 0) is 55.5 Å². The SMILES string of the molecule is Cc1ccccc1S(=O)(=O)N(C)CCCCN1CCc2ccc([N+](=O)[O-])cc2C1. The van der Waals surface area contributed by atoms with Gasteiger partial charge in [0.1, 0.15) is 0 Å². The molecule has 0 spiro atoms. The number of nitro benzene ring substituents is 1. The van der Waals surface area contributed by atoms with Crippen LogP contribution in [0.2, 0.25) is 0 Å². The van der Waals surface area contributed by atoms with E-state index in [4.69, 9.17) is 0 Å². The van der Waals surface area contributed by atoms with Crippen molar-refractivity contribution in [3.63, 3.8) is 0 Å². The predicted octanol–water partition coefficient (Wildman–Crippen LogP) is 3.36. The summed E-state index contributed by atoms with van der Waals surface area (Å²) in [6.07, 6.45) is 2.52. The van der Waals surface area contributed by atoms with Crippen LogP contribution in [0.1, 0.15) is 29.5 Å². The number of hydrogen-bond donors (Lipinski definition) is 0. The van der Waals surface area contributed by atoms with E-state index in [0.717, 1.165) is 43.5 Å². The Morgan fingerprint density at radius 1 is 1.14 bits per heavy atom. The summed E-state index contributed by atoms with van der Waals surface area (Å²) in [6, 6.07) is 12.1. The van der Waals surface area contributed by atoms with Crippen molar-refractivity contribution in [1.82, 2.24) is 9.21 Å². The Morgan fingerprint density at radius 3 is 2.62 bits per heavy atom. The van der Waals surface area contributed by atoms with Crippen molar-refractivity contribution in [3.8, 4) is 0 Å². The molecule has 0 bridgehead atoms. The van der Waals surface area contributed by atoms with Crippen LogP contribution in [-0.4, -0.2) is 49.2 Å². The fourth-order valence-electron chi connectivity index (χ4n) is 3.71. The standard InChI is InChI=1S/C21H27N3O4S/c1-17-7-3-4-8-21(17)29(27,28)22(2)12-5-6-13-23-14-11-18-9-10-20(24(25)26)15-19(18)16-23/h3-4,7-10,15H,5-6,11-14,16H2,1-2H3. The Kier molecular flexibility index (Phi) is 6.66. The summed E-state index contributed by atoms with van der Waals surface area (Å²) in [6.45, 7) is 4.74. The lowest BCUT2D eigenvalue weighted by Gasteiger charge is -2.28. The molecule has 8 heteroatoms. The molecular weight excluding hydrogens is 390 g/mol. The van der Waals surface area contributed by atoms with E-state index in [1.807, 2.05) is 12.1 Å². The minimum absolute atomic E-state index is 0.133. The molecule has 2 aromatic rings. The first kappa shape index (κ1) is 21.4. The summed E-state index contributed by atoms with van der Waals surface area (Å²) >= 11 is 0. The fraction of sp³-hybridized carbons (Fsp3) is 0.429. The number of nitrogens with zero attached hydrogens (tertiary/aromatic N) is 3. The molecule has 1 heterocycles. The van der Waals surface area contributed by atoms with E-state index in [-0.39, 0.29) is 10.6 Å². The highest BCUT2D eigenvalue weighted by Gasteiger charge is 2.22. The topological polar surface area (TPSA) is 83.8 Å². The average molecular weight is 418 g/mol. The van der Waals surface area contributed by atoms with E-state index in [0.29, 0.717) is 18.0 Å². The van der Waals surface area contributed by atoms with Crippen LogP contribution in [-0.2, 0) is 23.0 Å². The molecule has 0 unspecified atom stereocenters. The number of non-ortho nitro benzene ring substituents is 1. The zero-order valence-electron chi connectivity index (χ0n) is 16.9. The molecular formula is C21H27N3O4S. The molecule has 1 aliphatic rings. The smallest absolute Gasteiger partial charge is 0.269 e. The summed E-state index contributed by atoms with van der Waals surface area (Å²) in [7, 11) is -1.85. The van der Waals surface area contributed by atoms with E-state index >= 15 is 0 Å². The second kappa shape index (κ2) is 9.02. The van der Waals surface area contributed by atoms with Crippen molar-refractivity contribution in [2.24, 2.45) is 0 Å². The number of aryl methyl sites for hydroxylation is 1. The Hall–Kier alpha value is -2.29. The molecule has 0 atom stereocenters. The third-order valence-corrected chi connectivity index (χ3v) is 7.49. The molecule has 29 heavy (non-hydrogen) atoms. The van der Waals surface area contributed by atoms with Gasteiger partial charge in [-0.2, -0.15) is 0 Å². The molecule has 0 amide bonds. The van der Waals surface area contributed by atoms with Crippen molar-refractivity contribution in [1.29, 1.82) is 0 Å². The van der Waals surface area contributed by atoms with Gasteiger partial charge in [-0.25, -0.2) is 12.7 Å². The highest BCUT2D eigenvalue weighted by molar-refractivity contribution is 7.89. The lowest BCUT2D eigenvalue weighted by atomic mass is 9.99. The first-order chi connectivity index (χ1) is 13.8. The first-order valence-electron chi connectivity index (χ1n) is 9.79. The maximum absolute atomic E-state index is 12.7. The fourth-order valence-corrected chi connectivity index (χ4v) is 5.14. The Morgan fingerprint density at radius 2 is 1.90 bits per heavy atom. The van der Waals surface area contributed by atoms with Crippen LogP contribution in [0.5, 0.6) is 0 Å². The molecule has 0 saturated carbocycles. The summed E-state index contributed by atoms with van der Waals surface area (Å²) < 4.78 is 26.9. The minimum Gasteiger partial charge on any atom is -0.299 e. The maximum atomic E-state index is 12.7. The molecule has 0 aliphatic carbocycles. The predicted molar refractivity (Wildman–Crippen MR) is 112 cm³/mol. The highest BCUT2D eigenvalue weighted by atomic mass is 32.2. The van der Waals surface area contributed by atoms with Gasteiger partial charge >= 0.3 is 0 Å². The molecule has 0 fully saturated rings. The Balaban J connectivity index is 1.50. The molecule has 1 aliphatic heterocycles.